The van der Waals surface area contributed by atoms with Gasteiger partial charge in [0.25, 0.3) is 0 Å². The van der Waals surface area contributed by atoms with E-state index >= 15 is 0 Å². The Bertz CT molecular complexity index is 629. The Morgan fingerprint density at radius 3 is 2.65 bits per heavy atom. The van der Waals surface area contributed by atoms with Crippen LogP contribution in [-0.2, 0) is 0 Å². The fourth-order valence-electron chi connectivity index (χ4n) is 1.54. The second-order valence-corrected chi connectivity index (χ2v) is 5.47. The lowest BCUT2D eigenvalue weighted by molar-refractivity contribution is 1.19. The van der Waals surface area contributed by atoms with Crippen molar-refractivity contribution < 1.29 is 0 Å². The number of hydrogen-bond donors (Lipinski definition) is 1. The molecule has 0 bridgehead atoms. The summed E-state index contributed by atoms with van der Waals surface area (Å²) in [5, 5.41) is 2.08. The molecule has 0 radical (unpaired) electrons. The van der Waals surface area contributed by atoms with Crippen LogP contribution in [0.15, 0.2) is 41.9 Å². The third-order valence-corrected chi connectivity index (χ3v) is 4.47. The summed E-state index contributed by atoms with van der Waals surface area (Å²) in [4.78, 5) is 11.8. The largest absolute Gasteiger partial charge is 0.368 e. The van der Waals surface area contributed by atoms with Crippen LogP contribution in [0.5, 0.6) is 0 Å². The monoisotopic (exact) mass is 259 g/mol. The third kappa shape index (κ3) is 2.07. The first-order chi connectivity index (χ1) is 8.33. The van der Waals surface area contributed by atoms with E-state index in [0.717, 1.165) is 10.6 Å². The van der Waals surface area contributed by atoms with Crippen LogP contribution < -0.4 is 5.73 Å². The van der Waals surface area contributed by atoms with Gasteiger partial charge in [-0.3, -0.25) is 0 Å². The zero-order valence-corrected chi connectivity index (χ0v) is 10.5. The standard InChI is InChI=1S/C12H9N3S2/c13-12-14-6-5-8(15-12)9-3-4-11(17-9)10-2-1-7-16-10/h1-7H,(H2,13,14,15). The van der Waals surface area contributed by atoms with Crippen molar-refractivity contribution in [1.29, 1.82) is 0 Å². The zero-order chi connectivity index (χ0) is 11.7. The molecule has 0 fully saturated rings. The van der Waals surface area contributed by atoms with Crippen LogP contribution in [0.4, 0.5) is 5.95 Å². The molecule has 0 amide bonds. The summed E-state index contributed by atoms with van der Waals surface area (Å²) in [6.45, 7) is 0. The quantitative estimate of drug-likeness (QED) is 0.766. The first-order valence-corrected chi connectivity index (χ1v) is 6.75. The minimum atomic E-state index is 0.313. The van der Waals surface area contributed by atoms with E-state index in [0.29, 0.717) is 5.95 Å². The molecule has 17 heavy (non-hydrogen) atoms. The van der Waals surface area contributed by atoms with Gasteiger partial charge in [0.15, 0.2) is 0 Å². The molecule has 5 heteroatoms. The van der Waals surface area contributed by atoms with E-state index in [4.69, 9.17) is 5.73 Å². The van der Waals surface area contributed by atoms with E-state index in [1.54, 1.807) is 28.9 Å². The molecule has 3 rings (SSSR count). The van der Waals surface area contributed by atoms with Crippen molar-refractivity contribution >= 4 is 28.6 Å². The number of nitrogens with two attached hydrogens (primary N) is 1. The van der Waals surface area contributed by atoms with Gasteiger partial charge in [0.1, 0.15) is 0 Å². The van der Waals surface area contributed by atoms with E-state index in [1.165, 1.54) is 9.75 Å². The van der Waals surface area contributed by atoms with Crippen molar-refractivity contribution in [3.8, 4) is 20.3 Å². The summed E-state index contributed by atoms with van der Waals surface area (Å²) in [6.07, 6.45) is 1.68. The van der Waals surface area contributed by atoms with E-state index in [-0.39, 0.29) is 0 Å². The molecular weight excluding hydrogens is 250 g/mol. The van der Waals surface area contributed by atoms with Crippen molar-refractivity contribution in [2.24, 2.45) is 0 Å². The van der Waals surface area contributed by atoms with E-state index in [2.05, 4.69) is 39.6 Å². The maximum absolute atomic E-state index is 5.58. The summed E-state index contributed by atoms with van der Waals surface area (Å²) in [6, 6.07) is 10.2. The van der Waals surface area contributed by atoms with Crippen molar-refractivity contribution in [1.82, 2.24) is 9.97 Å². The Hall–Kier alpha value is -1.72. The van der Waals surface area contributed by atoms with Crippen LogP contribution in [0.2, 0.25) is 0 Å². The van der Waals surface area contributed by atoms with Gasteiger partial charge in [0.2, 0.25) is 5.95 Å². The smallest absolute Gasteiger partial charge is 0.220 e. The van der Waals surface area contributed by atoms with Gasteiger partial charge in [-0.25, -0.2) is 9.97 Å². The minimum Gasteiger partial charge on any atom is -0.368 e. The topological polar surface area (TPSA) is 51.8 Å². The molecule has 84 valence electrons. The zero-order valence-electron chi connectivity index (χ0n) is 8.83. The van der Waals surface area contributed by atoms with Gasteiger partial charge in [-0.15, -0.1) is 22.7 Å². The molecule has 3 aromatic rings. The Morgan fingerprint density at radius 1 is 1.00 bits per heavy atom. The van der Waals surface area contributed by atoms with Gasteiger partial charge in [0, 0.05) is 16.0 Å². The number of nitrogens with zero attached hydrogens (tertiary/aromatic N) is 2. The van der Waals surface area contributed by atoms with Crippen LogP contribution in [0.3, 0.4) is 0 Å². The summed E-state index contributed by atoms with van der Waals surface area (Å²) in [5.74, 6) is 0.313. The van der Waals surface area contributed by atoms with Crippen LogP contribution in [0, 0.1) is 0 Å². The molecule has 0 aliphatic rings. The lowest BCUT2D eigenvalue weighted by atomic mass is 10.3. The number of rotatable bonds is 2. The van der Waals surface area contributed by atoms with E-state index in [9.17, 15) is 0 Å². The molecule has 0 aliphatic carbocycles. The van der Waals surface area contributed by atoms with Gasteiger partial charge >= 0.3 is 0 Å². The van der Waals surface area contributed by atoms with Crippen LogP contribution in [-0.4, -0.2) is 9.97 Å². The number of hydrogen-bond acceptors (Lipinski definition) is 5. The summed E-state index contributed by atoms with van der Waals surface area (Å²) >= 11 is 3.46. The molecule has 0 aromatic carbocycles. The summed E-state index contributed by atoms with van der Waals surface area (Å²) in [7, 11) is 0. The number of aromatic nitrogens is 2. The molecule has 0 atom stereocenters. The maximum atomic E-state index is 5.58. The van der Waals surface area contributed by atoms with Crippen LogP contribution >= 0.6 is 22.7 Å². The number of thiophene rings is 2. The second-order valence-electron chi connectivity index (χ2n) is 3.44. The van der Waals surface area contributed by atoms with E-state index < -0.39 is 0 Å². The second kappa shape index (κ2) is 4.27. The molecule has 2 N–H and O–H groups in total. The first kappa shape index (κ1) is 10.4. The number of nitrogen functional groups attached to an aromatic ring is 1. The summed E-state index contributed by atoms with van der Waals surface area (Å²) in [5.41, 5.74) is 6.46. The highest BCUT2D eigenvalue weighted by Gasteiger charge is 2.06. The Morgan fingerprint density at radius 2 is 1.88 bits per heavy atom. The lowest BCUT2D eigenvalue weighted by Gasteiger charge is -1.96. The van der Waals surface area contributed by atoms with Gasteiger partial charge in [-0.1, -0.05) is 6.07 Å². The SMILES string of the molecule is Nc1nccc(-c2ccc(-c3cccs3)s2)n1. The molecule has 3 heterocycles. The van der Waals surface area contributed by atoms with Gasteiger partial charge in [-0.05, 0) is 29.6 Å². The molecule has 3 aromatic heterocycles. The van der Waals surface area contributed by atoms with Crippen molar-refractivity contribution in [2.75, 3.05) is 5.73 Å². The highest BCUT2D eigenvalue weighted by atomic mass is 32.1. The van der Waals surface area contributed by atoms with Gasteiger partial charge in [-0.2, -0.15) is 0 Å². The normalized spacial score (nSPS) is 10.6. The molecular formula is C12H9N3S2. The fraction of sp³-hybridized carbons (Fsp3) is 0. The molecule has 0 unspecified atom stereocenters. The Labute approximate surface area is 107 Å². The number of anilines is 1. The predicted octanol–water partition coefficient (Wildman–Crippen LogP) is 3.52. The van der Waals surface area contributed by atoms with Crippen molar-refractivity contribution in [3.05, 3.63) is 41.9 Å². The average Bonchev–Trinajstić information content (AvgIpc) is 3.00. The van der Waals surface area contributed by atoms with Gasteiger partial charge in [0.05, 0.1) is 10.6 Å². The van der Waals surface area contributed by atoms with Crippen LogP contribution in [0.1, 0.15) is 0 Å². The van der Waals surface area contributed by atoms with Crippen LogP contribution in [0.25, 0.3) is 20.3 Å². The minimum absolute atomic E-state index is 0.313. The fourth-order valence-corrected chi connectivity index (χ4v) is 3.35. The molecule has 3 nitrogen and oxygen atoms in total. The predicted molar refractivity (Wildman–Crippen MR) is 73.1 cm³/mol. The lowest BCUT2D eigenvalue weighted by Crippen LogP contribution is -1.93. The van der Waals surface area contributed by atoms with E-state index in [1.807, 2.05) is 6.07 Å². The highest BCUT2D eigenvalue weighted by molar-refractivity contribution is 7.23. The first-order valence-electron chi connectivity index (χ1n) is 5.05. The molecule has 0 aliphatic heterocycles. The van der Waals surface area contributed by atoms with Gasteiger partial charge < -0.3 is 5.73 Å². The molecule has 0 spiro atoms. The van der Waals surface area contributed by atoms with Crippen molar-refractivity contribution in [2.45, 2.75) is 0 Å². The maximum Gasteiger partial charge on any atom is 0.220 e. The Balaban J connectivity index is 2.01. The summed E-state index contributed by atoms with van der Waals surface area (Å²) < 4.78 is 0. The van der Waals surface area contributed by atoms with Crippen molar-refractivity contribution in [3.63, 3.8) is 0 Å². The highest BCUT2D eigenvalue weighted by Crippen LogP contribution is 2.35. The average molecular weight is 259 g/mol. The Kier molecular flexibility index (Phi) is 2.62. The third-order valence-electron chi connectivity index (χ3n) is 2.30. The molecule has 0 saturated heterocycles. The molecule has 0 saturated carbocycles.